The van der Waals surface area contributed by atoms with E-state index < -0.39 is 12.3 Å². The zero-order valence-electron chi connectivity index (χ0n) is 26.8. The van der Waals surface area contributed by atoms with Crippen LogP contribution in [-0.4, -0.2) is 38.4 Å². The van der Waals surface area contributed by atoms with Crippen LogP contribution >= 0.6 is 0 Å². The fraction of sp³-hybridized carbons (Fsp3) is 0.486. The van der Waals surface area contributed by atoms with Crippen molar-refractivity contribution in [2.24, 2.45) is 0 Å². The predicted octanol–water partition coefficient (Wildman–Crippen LogP) is 9.31. The van der Waals surface area contributed by atoms with Crippen molar-refractivity contribution >= 4 is 17.5 Å². The van der Waals surface area contributed by atoms with Gasteiger partial charge < -0.3 is 19.3 Å². The molecule has 0 aromatic heterocycles. The molecule has 0 amide bonds. The molecule has 0 radical (unpaired) electrons. The van der Waals surface area contributed by atoms with Crippen LogP contribution in [0.3, 0.4) is 0 Å². The highest BCUT2D eigenvalue weighted by Gasteiger charge is 2.41. The van der Waals surface area contributed by atoms with E-state index in [4.69, 9.17) is 9.47 Å². The van der Waals surface area contributed by atoms with Gasteiger partial charge in [-0.2, -0.15) is 0 Å². The number of hydrogen-bond donors (Lipinski definition) is 0. The Morgan fingerprint density at radius 1 is 0.738 bits per heavy atom. The van der Waals surface area contributed by atoms with Gasteiger partial charge in [0.05, 0.1) is 0 Å². The molecule has 3 aromatic carbocycles. The summed E-state index contributed by atoms with van der Waals surface area (Å²) in [4.78, 5) is 17.8. The van der Waals surface area contributed by atoms with Crippen molar-refractivity contribution in [2.75, 3.05) is 36.0 Å². The topological polar surface area (TPSA) is 42.0 Å². The monoisotopic (exact) mass is 570 g/mol. The molecule has 6 rings (SSSR count). The number of benzene rings is 3. The van der Waals surface area contributed by atoms with E-state index in [2.05, 4.69) is 60.0 Å². The lowest BCUT2D eigenvalue weighted by molar-refractivity contribution is 0.0585. The van der Waals surface area contributed by atoms with Gasteiger partial charge in [-0.3, -0.25) is 0 Å². The van der Waals surface area contributed by atoms with E-state index in [1.165, 1.54) is 59.3 Å². The normalized spacial score (nSPS) is 17.6. The van der Waals surface area contributed by atoms with Gasteiger partial charge in [0.15, 0.2) is 0 Å². The summed E-state index contributed by atoms with van der Waals surface area (Å²) in [5, 5.41) is 0. The van der Waals surface area contributed by atoms with Gasteiger partial charge >= 0.3 is 6.16 Å². The van der Waals surface area contributed by atoms with Crippen LogP contribution < -0.4 is 14.5 Å². The number of carbonyl (C=O) groups is 1. The molecular weight excluding hydrogens is 520 g/mol. The fourth-order valence-electron chi connectivity index (χ4n) is 6.70. The van der Waals surface area contributed by atoms with Crippen LogP contribution in [0.1, 0.15) is 102 Å². The van der Waals surface area contributed by atoms with Gasteiger partial charge in [0.1, 0.15) is 11.9 Å². The lowest BCUT2D eigenvalue weighted by atomic mass is 9.64. The van der Waals surface area contributed by atoms with Gasteiger partial charge in [-0.15, -0.1) is 0 Å². The van der Waals surface area contributed by atoms with Crippen LogP contribution in [0, 0.1) is 0 Å². The van der Waals surface area contributed by atoms with Crippen LogP contribution in [0.4, 0.5) is 16.2 Å². The molecule has 2 heterocycles. The van der Waals surface area contributed by atoms with Crippen molar-refractivity contribution in [3.05, 3.63) is 89.0 Å². The van der Waals surface area contributed by atoms with Gasteiger partial charge in [0.25, 0.3) is 0 Å². The molecule has 1 unspecified atom stereocenters. The van der Waals surface area contributed by atoms with Crippen molar-refractivity contribution < 1.29 is 14.3 Å². The van der Waals surface area contributed by atoms with Gasteiger partial charge in [-0.05, 0) is 91.3 Å². The quantitative estimate of drug-likeness (QED) is 0.226. The summed E-state index contributed by atoms with van der Waals surface area (Å²) in [5.41, 5.74) is 7.54. The number of hydrogen-bond acceptors (Lipinski definition) is 5. The Hall–Kier alpha value is -3.47. The van der Waals surface area contributed by atoms with E-state index in [1.807, 2.05) is 52.8 Å². The van der Waals surface area contributed by atoms with Crippen molar-refractivity contribution in [1.29, 1.82) is 0 Å². The maximum absolute atomic E-state index is 12.8. The maximum atomic E-state index is 12.8. The summed E-state index contributed by atoms with van der Waals surface area (Å²) in [6.07, 6.45) is 3.94. The summed E-state index contributed by atoms with van der Waals surface area (Å²) in [5.74, 6) is 0.414. The SMILES string of the molecule is CC.CC.CC(OC(=O)Oc1ccccc1)C1c2ccc(N3CCCC3)cc2C(C)(C)c2cc(N3CCCC3)ccc21. The molecule has 0 saturated carbocycles. The minimum absolute atomic E-state index is 0.0726. The second-order valence-electron chi connectivity index (χ2n) is 11.5. The summed E-state index contributed by atoms with van der Waals surface area (Å²) < 4.78 is 11.4. The van der Waals surface area contributed by atoms with E-state index in [9.17, 15) is 4.79 Å². The smallest absolute Gasteiger partial charge is 0.430 e. The molecule has 0 bridgehead atoms. The summed E-state index contributed by atoms with van der Waals surface area (Å²) in [6, 6.07) is 23.0. The molecule has 1 aliphatic carbocycles. The van der Waals surface area contributed by atoms with E-state index in [1.54, 1.807) is 12.1 Å². The summed E-state index contributed by atoms with van der Waals surface area (Å²) in [7, 11) is 0. The molecule has 226 valence electrons. The molecule has 1 atom stereocenters. The van der Waals surface area contributed by atoms with Crippen LogP contribution in [-0.2, 0) is 10.2 Å². The predicted molar refractivity (Wildman–Crippen MR) is 175 cm³/mol. The lowest BCUT2D eigenvalue weighted by Crippen LogP contribution is -2.35. The van der Waals surface area contributed by atoms with Crippen molar-refractivity contribution in [2.45, 2.75) is 91.6 Å². The van der Waals surface area contributed by atoms with Crippen molar-refractivity contribution in [3.8, 4) is 5.75 Å². The van der Waals surface area contributed by atoms with Crippen molar-refractivity contribution in [3.63, 3.8) is 0 Å². The summed E-state index contributed by atoms with van der Waals surface area (Å²) >= 11 is 0. The first-order valence-corrected chi connectivity index (χ1v) is 16.1. The number of carbonyl (C=O) groups excluding carboxylic acids is 1. The minimum Gasteiger partial charge on any atom is -0.430 e. The van der Waals surface area contributed by atoms with Crippen LogP contribution in [0.25, 0.3) is 0 Å². The van der Waals surface area contributed by atoms with Crippen LogP contribution in [0.15, 0.2) is 66.7 Å². The Morgan fingerprint density at radius 2 is 1.19 bits per heavy atom. The lowest BCUT2D eigenvalue weighted by Gasteiger charge is -2.42. The molecule has 3 aromatic rings. The van der Waals surface area contributed by atoms with Crippen LogP contribution in [0.5, 0.6) is 5.75 Å². The molecule has 2 fully saturated rings. The first-order chi connectivity index (χ1) is 20.4. The third kappa shape index (κ3) is 6.45. The van der Waals surface area contributed by atoms with Gasteiger partial charge in [0, 0.05) is 48.9 Å². The van der Waals surface area contributed by atoms with E-state index in [-0.39, 0.29) is 11.3 Å². The Labute approximate surface area is 253 Å². The molecule has 0 N–H and O–H groups in total. The average molecular weight is 571 g/mol. The molecular formula is C37H50N2O3. The second-order valence-corrected chi connectivity index (χ2v) is 11.5. The van der Waals surface area contributed by atoms with Gasteiger partial charge in [-0.25, -0.2) is 4.79 Å². The zero-order chi connectivity index (χ0) is 30.3. The Bertz CT molecular complexity index is 1240. The minimum atomic E-state index is -0.668. The van der Waals surface area contributed by atoms with Gasteiger partial charge in [-0.1, -0.05) is 71.9 Å². The Morgan fingerprint density at radius 3 is 1.64 bits per heavy atom. The Kier molecular flexibility index (Phi) is 10.6. The molecule has 0 spiro atoms. The number of fused-ring (bicyclic) bond motifs is 2. The third-order valence-electron chi connectivity index (χ3n) is 8.73. The summed E-state index contributed by atoms with van der Waals surface area (Å²) in [6.45, 7) is 19.1. The van der Waals surface area contributed by atoms with Gasteiger partial charge in [0.2, 0.25) is 0 Å². The number of ether oxygens (including phenoxy) is 2. The number of anilines is 2. The largest absolute Gasteiger partial charge is 0.514 e. The second kappa shape index (κ2) is 14.1. The standard InChI is InChI=1S/C33H38N2O3.2C2H6/c1-23(37-32(36)38-26-11-5-4-6-12-26)31-27-15-13-24(34-17-7-8-18-34)21-29(27)33(2,3)30-22-25(14-16-28(30)31)35-19-9-10-20-35;2*1-2/h4-6,11-16,21-23,31H,7-10,17-20H2,1-3H3;2*1-2H3. The van der Waals surface area contributed by atoms with E-state index in [0.717, 1.165) is 26.2 Å². The molecule has 2 aliphatic heterocycles. The zero-order valence-corrected chi connectivity index (χ0v) is 26.8. The third-order valence-corrected chi connectivity index (χ3v) is 8.73. The molecule has 2 saturated heterocycles. The van der Waals surface area contributed by atoms with Crippen LogP contribution in [0.2, 0.25) is 0 Å². The highest BCUT2D eigenvalue weighted by atomic mass is 16.7. The van der Waals surface area contributed by atoms with E-state index in [0.29, 0.717) is 5.75 Å². The first-order valence-electron chi connectivity index (χ1n) is 16.1. The number of nitrogens with zero attached hydrogens (tertiary/aromatic N) is 2. The molecule has 3 aliphatic rings. The van der Waals surface area contributed by atoms with Crippen molar-refractivity contribution in [1.82, 2.24) is 0 Å². The number of rotatable bonds is 5. The molecule has 42 heavy (non-hydrogen) atoms. The van der Waals surface area contributed by atoms with E-state index >= 15 is 0 Å². The average Bonchev–Trinajstić information content (AvgIpc) is 3.75. The first kappa shape index (κ1) is 31.5. The number of para-hydroxylation sites is 1. The maximum Gasteiger partial charge on any atom is 0.514 e. The highest BCUT2D eigenvalue weighted by Crippen LogP contribution is 2.50. The fourth-order valence-corrected chi connectivity index (χ4v) is 6.70. The molecule has 5 nitrogen and oxygen atoms in total. The Balaban J connectivity index is 0.000000972. The highest BCUT2D eigenvalue weighted by molar-refractivity contribution is 5.67. The molecule has 5 heteroatoms.